The van der Waals surface area contributed by atoms with Crippen molar-refractivity contribution in [3.63, 3.8) is 0 Å². The SMILES string of the molecule is [C-]#[N+][C@]1(C)[C@H](O)[C@@H](COP(=O)(O)OP(=O)(O)OP(=O)(O)O)O[C@@]1(OC)c1ccc2c(N)ccnn12. The first kappa shape index (κ1) is 27.9. The predicted molar refractivity (Wildman–Crippen MR) is 114 cm³/mol. The zero-order valence-electron chi connectivity index (χ0n) is 17.9. The highest BCUT2D eigenvalue weighted by atomic mass is 31.3. The number of aliphatic hydroxyl groups excluding tert-OH is 1. The number of phosphoric acid groups is 3. The second-order valence-corrected chi connectivity index (χ2v) is 11.8. The van der Waals surface area contributed by atoms with Crippen molar-refractivity contribution in [3.8, 4) is 0 Å². The second kappa shape index (κ2) is 9.29. The van der Waals surface area contributed by atoms with E-state index in [-0.39, 0.29) is 5.69 Å². The summed E-state index contributed by atoms with van der Waals surface area (Å²) in [4.78, 5) is 39.6. The van der Waals surface area contributed by atoms with Gasteiger partial charge in [0.05, 0.1) is 17.8 Å². The molecule has 3 heterocycles. The third-order valence-electron chi connectivity index (χ3n) is 5.17. The summed E-state index contributed by atoms with van der Waals surface area (Å²) in [6, 6.07) is 4.59. The first-order valence-electron chi connectivity index (χ1n) is 9.31. The fourth-order valence-electron chi connectivity index (χ4n) is 3.65. The van der Waals surface area contributed by atoms with Gasteiger partial charge in [0.2, 0.25) is 0 Å². The molecule has 6 atom stereocenters. The summed E-state index contributed by atoms with van der Waals surface area (Å²) in [6.45, 7) is 8.00. The lowest BCUT2D eigenvalue weighted by Gasteiger charge is -2.32. The maximum atomic E-state index is 12.1. The predicted octanol–water partition coefficient (Wildman–Crippen LogP) is 0.497. The lowest BCUT2D eigenvalue weighted by molar-refractivity contribution is -0.243. The zero-order chi connectivity index (χ0) is 26.4. The van der Waals surface area contributed by atoms with E-state index >= 15 is 0 Å². The molecule has 1 aliphatic rings. The Morgan fingerprint density at radius 2 is 1.86 bits per heavy atom. The van der Waals surface area contributed by atoms with E-state index in [4.69, 9.17) is 31.6 Å². The normalized spacial score (nSPS) is 30.6. The zero-order valence-corrected chi connectivity index (χ0v) is 20.6. The van der Waals surface area contributed by atoms with Crippen LogP contribution >= 0.6 is 23.5 Å². The van der Waals surface area contributed by atoms with Gasteiger partial charge in [-0.1, -0.05) is 0 Å². The van der Waals surface area contributed by atoms with E-state index < -0.39 is 53.6 Å². The molecule has 3 rings (SSSR count). The number of aromatic nitrogens is 2. The van der Waals surface area contributed by atoms with Crippen molar-refractivity contribution in [2.45, 2.75) is 30.5 Å². The molecule has 20 heteroatoms. The Balaban J connectivity index is 1.90. The minimum atomic E-state index is -5.75. The number of nitrogen functional groups attached to an aromatic ring is 1. The van der Waals surface area contributed by atoms with E-state index in [2.05, 4.69) is 23.1 Å². The van der Waals surface area contributed by atoms with Crippen molar-refractivity contribution in [1.82, 2.24) is 9.61 Å². The van der Waals surface area contributed by atoms with Crippen LogP contribution in [-0.4, -0.2) is 65.8 Å². The van der Waals surface area contributed by atoms with Gasteiger partial charge < -0.3 is 44.7 Å². The van der Waals surface area contributed by atoms with Crippen LogP contribution in [0.25, 0.3) is 10.4 Å². The van der Waals surface area contributed by atoms with Gasteiger partial charge in [-0.2, -0.15) is 13.7 Å². The van der Waals surface area contributed by atoms with Gasteiger partial charge in [0.15, 0.2) is 6.10 Å². The maximum Gasteiger partial charge on any atom is 0.490 e. The molecule has 0 bridgehead atoms. The van der Waals surface area contributed by atoms with Gasteiger partial charge in [-0.05, 0) is 18.2 Å². The highest BCUT2D eigenvalue weighted by Gasteiger charge is 2.72. The van der Waals surface area contributed by atoms with Crippen LogP contribution in [0, 0.1) is 6.57 Å². The van der Waals surface area contributed by atoms with Crippen LogP contribution < -0.4 is 5.73 Å². The number of fused-ring (bicyclic) bond motifs is 1. The van der Waals surface area contributed by atoms with Crippen molar-refractivity contribution >= 4 is 34.7 Å². The largest absolute Gasteiger partial charge is 0.490 e. The molecule has 1 aliphatic heterocycles. The molecule has 0 aromatic carbocycles. The first-order valence-corrected chi connectivity index (χ1v) is 13.8. The Kier molecular flexibility index (Phi) is 7.39. The first-order chi connectivity index (χ1) is 16.0. The minimum absolute atomic E-state index is 0.140. The number of ether oxygens (including phenoxy) is 2. The molecule has 2 unspecified atom stereocenters. The molecule has 35 heavy (non-hydrogen) atoms. The molecule has 0 amide bonds. The third-order valence-corrected chi connectivity index (χ3v) is 8.98. The molecule has 2 aromatic heterocycles. The van der Waals surface area contributed by atoms with Gasteiger partial charge in [0, 0.05) is 20.2 Å². The Bertz CT molecular complexity index is 1310. The topological polar surface area (TPSA) is 246 Å². The number of hydrogen-bond donors (Lipinski definition) is 6. The highest BCUT2D eigenvalue weighted by molar-refractivity contribution is 7.66. The molecule has 0 spiro atoms. The van der Waals surface area contributed by atoms with Crippen LogP contribution in [0.3, 0.4) is 0 Å². The van der Waals surface area contributed by atoms with Crippen molar-refractivity contribution < 1.29 is 61.0 Å². The fourth-order valence-corrected chi connectivity index (χ4v) is 6.68. The van der Waals surface area contributed by atoms with Gasteiger partial charge in [-0.25, -0.2) is 24.8 Å². The monoisotopic (exact) mass is 558 g/mol. The van der Waals surface area contributed by atoms with Gasteiger partial charge in [0.1, 0.15) is 11.8 Å². The summed E-state index contributed by atoms with van der Waals surface area (Å²) in [6.07, 6.45) is -1.90. The molecule has 194 valence electrons. The Morgan fingerprint density at radius 3 is 2.43 bits per heavy atom. The second-order valence-electron chi connectivity index (χ2n) is 7.37. The molecule has 1 fully saturated rings. The Morgan fingerprint density at radius 1 is 1.20 bits per heavy atom. The van der Waals surface area contributed by atoms with Crippen LogP contribution in [0.5, 0.6) is 0 Å². The summed E-state index contributed by atoms with van der Waals surface area (Å²) < 4.78 is 58.9. The molecule has 17 nitrogen and oxygen atoms in total. The molecule has 1 saturated heterocycles. The standard InChI is InChI=1S/C15H21N4O13P3/c1-14(17-2)13(20)11(8-29-34(24,25)32-35(26,27)31-33(21,22)23)30-15(14,28-3)12-5-4-10-9(16)6-7-18-19(10)12/h4-7,11,13,20H,8,16H2,1,3H3,(H,24,25)(H,26,27)(H2,21,22,23)/t11-,13-,14-,15+/m1/s1. The van der Waals surface area contributed by atoms with E-state index in [0.717, 1.165) is 0 Å². The van der Waals surface area contributed by atoms with Crippen molar-refractivity contribution in [2.24, 2.45) is 0 Å². The van der Waals surface area contributed by atoms with Crippen LogP contribution in [0.15, 0.2) is 24.4 Å². The highest BCUT2D eigenvalue weighted by Crippen LogP contribution is 2.66. The fraction of sp³-hybridized carbons (Fsp3) is 0.467. The van der Waals surface area contributed by atoms with Gasteiger partial charge in [-0.15, -0.1) is 0 Å². The average Bonchev–Trinajstić information content (AvgIpc) is 3.24. The van der Waals surface area contributed by atoms with E-state index in [1.54, 1.807) is 6.07 Å². The lowest BCUT2D eigenvalue weighted by atomic mass is 9.85. The molecule has 2 aromatic rings. The molecular weight excluding hydrogens is 537 g/mol. The van der Waals surface area contributed by atoms with Crippen LogP contribution in [0.1, 0.15) is 12.6 Å². The Labute approximate surface area is 197 Å². The van der Waals surface area contributed by atoms with Crippen LogP contribution in [-0.2, 0) is 42.1 Å². The molecule has 7 N–H and O–H groups in total. The number of methoxy groups -OCH3 is 1. The summed E-state index contributed by atoms with van der Waals surface area (Å²) in [5.74, 6) is -2.01. The van der Waals surface area contributed by atoms with E-state index in [0.29, 0.717) is 11.2 Å². The number of aliphatic hydroxyl groups is 1. The lowest BCUT2D eigenvalue weighted by Crippen LogP contribution is -2.51. The van der Waals surface area contributed by atoms with E-state index in [1.807, 2.05) is 0 Å². The summed E-state index contributed by atoms with van der Waals surface area (Å²) >= 11 is 0. The van der Waals surface area contributed by atoms with Crippen molar-refractivity contribution in [2.75, 3.05) is 19.5 Å². The maximum absolute atomic E-state index is 12.1. The molecular formula is C15H21N4O13P3. The van der Waals surface area contributed by atoms with Crippen LogP contribution in [0.4, 0.5) is 5.69 Å². The number of nitrogens with zero attached hydrogens (tertiary/aromatic N) is 3. The number of hydrogen-bond acceptors (Lipinski definition) is 11. The quantitative estimate of drug-likeness (QED) is 0.181. The molecule has 0 aliphatic carbocycles. The Hall–Kier alpha value is -1.73. The average molecular weight is 558 g/mol. The molecule has 0 radical (unpaired) electrons. The van der Waals surface area contributed by atoms with Gasteiger partial charge >= 0.3 is 29.0 Å². The van der Waals surface area contributed by atoms with Crippen molar-refractivity contribution in [3.05, 3.63) is 41.5 Å². The van der Waals surface area contributed by atoms with Crippen molar-refractivity contribution in [1.29, 1.82) is 0 Å². The third kappa shape index (κ3) is 5.22. The summed E-state index contributed by atoms with van der Waals surface area (Å²) in [5, 5.41) is 15.0. The number of phosphoric ester groups is 1. The summed E-state index contributed by atoms with van der Waals surface area (Å²) in [5.41, 5.74) is 4.97. The van der Waals surface area contributed by atoms with Crippen LogP contribution in [0.2, 0.25) is 0 Å². The van der Waals surface area contributed by atoms with Gasteiger partial charge in [0.25, 0.3) is 5.79 Å². The van der Waals surface area contributed by atoms with E-state index in [1.165, 1.54) is 36.9 Å². The van der Waals surface area contributed by atoms with Gasteiger partial charge in [-0.3, -0.25) is 4.52 Å². The number of rotatable bonds is 9. The molecule has 0 saturated carbocycles. The minimum Gasteiger partial charge on any atom is -0.397 e. The van der Waals surface area contributed by atoms with E-state index in [9.17, 15) is 28.6 Å². The number of nitrogens with two attached hydrogens (primary N) is 1. The number of anilines is 1. The smallest absolute Gasteiger partial charge is 0.397 e. The summed E-state index contributed by atoms with van der Waals surface area (Å²) in [7, 11) is -15.6.